The molecule has 3 nitrogen and oxygen atoms in total. The molecule has 1 aliphatic rings. The summed E-state index contributed by atoms with van der Waals surface area (Å²) >= 11 is 5.83. The van der Waals surface area contributed by atoms with E-state index in [1.165, 1.54) is 32.1 Å². The molecule has 1 heterocycles. The van der Waals surface area contributed by atoms with Gasteiger partial charge in [-0.25, -0.2) is 4.98 Å². The first kappa shape index (κ1) is 12.5. The molecular formula is C13H20ClN3. The zero-order chi connectivity index (χ0) is 12.3. The van der Waals surface area contributed by atoms with Crippen LogP contribution >= 0.6 is 11.6 Å². The van der Waals surface area contributed by atoms with Crippen molar-refractivity contribution in [1.29, 1.82) is 0 Å². The van der Waals surface area contributed by atoms with Crippen LogP contribution in [0.3, 0.4) is 0 Å². The molecule has 1 saturated carbocycles. The molecular weight excluding hydrogens is 234 g/mol. The lowest BCUT2D eigenvalue weighted by Gasteiger charge is -2.18. The van der Waals surface area contributed by atoms with Gasteiger partial charge in [-0.15, -0.1) is 0 Å². The number of nitrogens with zero attached hydrogens (tertiary/aromatic N) is 1. The lowest BCUT2D eigenvalue weighted by molar-refractivity contribution is 0.502. The molecule has 0 spiro atoms. The predicted octanol–water partition coefficient (Wildman–Crippen LogP) is 3.70. The Kier molecular flexibility index (Phi) is 4.11. The highest BCUT2D eigenvalue weighted by molar-refractivity contribution is 6.30. The summed E-state index contributed by atoms with van der Waals surface area (Å²) < 4.78 is 0. The van der Waals surface area contributed by atoms with Crippen molar-refractivity contribution >= 4 is 23.1 Å². The van der Waals surface area contributed by atoms with Crippen molar-refractivity contribution in [2.75, 3.05) is 11.1 Å². The number of hydrogen-bond donors (Lipinski definition) is 2. The molecule has 0 bridgehead atoms. The summed E-state index contributed by atoms with van der Waals surface area (Å²) in [5, 5.41) is 4.03. The van der Waals surface area contributed by atoms with Gasteiger partial charge in [0, 0.05) is 12.2 Å². The summed E-state index contributed by atoms with van der Waals surface area (Å²) in [5.41, 5.74) is 6.53. The van der Waals surface area contributed by atoms with E-state index in [9.17, 15) is 0 Å². The van der Waals surface area contributed by atoms with Crippen LogP contribution in [-0.2, 0) is 0 Å². The van der Waals surface area contributed by atoms with E-state index >= 15 is 0 Å². The highest BCUT2D eigenvalue weighted by Crippen LogP contribution is 2.26. The van der Waals surface area contributed by atoms with E-state index in [1.54, 1.807) is 12.3 Å². The fourth-order valence-electron chi connectivity index (χ4n) is 2.40. The highest BCUT2D eigenvalue weighted by atomic mass is 35.5. The van der Waals surface area contributed by atoms with E-state index in [4.69, 9.17) is 17.3 Å². The van der Waals surface area contributed by atoms with E-state index < -0.39 is 0 Å². The zero-order valence-corrected chi connectivity index (χ0v) is 11.0. The van der Waals surface area contributed by atoms with Crippen LogP contribution in [0.15, 0.2) is 12.3 Å². The molecule has 1 aromatic heterocycles. The van der Waals surface area contributed by atoms with E-state index in [0.29, 0.717) is 16.8 Å². The largest absolute Gasteiger partial charge is 0.396 e. The van der Waals surface area contributed by atoms with Crippen LogP contribution in [0, 0.1) is 5.92 Å². The maximum atomic E-state index is 5.90. The molecule has 17 heavy (non-hydrogen) atoms. The second kappa shape index (κ2) is 5.58. The third-order valence-corrected chi connectivity index (χ3v) is 3.69. The average Bonchev–Trinajstić information content (AvgIpc) is 2.48. The molecule has 2 rings (SSSR count). The van der Waals surface area contributed by atoms with Gasteiger partial charge in [-0.1, -0.05) is 31.4 Å². The molecule has 2 atom stereocenters. The van der Waals surface area contributed by atoms with Crippen molar-refractivity contribution in [2.24, 2.45) is 5.92 Å². The van der Waals surface area contributed by atoms with Gasteiger partial charge in [0.05, 0.1) is 10.7 Å². The molecule has 0 radical (unpaired) electrons. The van der Waals surface area contributed by atoms with Gasteiger partial charge in [0.1, 0.15) is 5.82 Å². The van der Waals surface area contributed by atoms with Gasteiger partial charge in [-0.2, -0.15) is 0 Å². The maximum Gasteiger partial charge on any atom is 0.149 e. The number of nitrogens with one attached hydrogen (secondary N) is 1. The van der Waals surface area contributed by atoms with E-state index in [1.807, 2.05) is 0 Å². The van der Waals surface area contributed by atoms with Gasteiger partial charge in [0.2, 0.25) is 0 Å². The van der Waals surface area contributed by atoms with Gasteiger partial charge in [-0.05, 0) is 31.2 Å². The molecule has 2 unspecified atom stereocenters. The SMILES string of the molecule is CC1CCCC(Nc2ncc(Cl)cc2N)CC1. The number of pyridine rings is 1. The Balaban J connectivity index is 2.00. The molecule has 94 valence electrons. The van der Waals surface area contributed by atoms with Gasteiger partial charge in [0.25, 0.3) is 0 Å². The number of aromatic nitrogens is 1. The first-order chi connectivity index (χ1) is 8.15. The molecule has 0 aromatic carbocycles. The number of anilines is 2. The fourth-order valence-corrected chi connectivity index (χ4v) is 2.57. The van der Waals surface area contributed by atoms with Crippen molar-refractivity contribution in [1.82, 2.24) is 4.98 Å². The minimum absolute atomic E-state index is 0.496. The molecule has 0 saturated heterocycles. The summed E-state index contributed by atoms with van der Waals surface area (Å²) in [6, 6.07) is 2.24. The topological polar surface area (TPSA) is 50.9 Å². The third kappa shape index (κ3) is 3.50. The Morgan fingerprint density at radius 3 is 2.94 bits per heavy atom. The first-order valence-electron chi connectivity index (χ1n) is 6.32. The van der Waals surface area contributed by atoms with Crippen LogP contribution in [0.1, 0.15) is 39.0 Å². The molecule has 0 amide bonds. The van der Waals surface area contributed by atoms with Crippen LogP contribution in [0.5, 0.6) is 0 Å². The Bertz CT molecular complexity index is 381. The number of halogens is 1. The Labute approximate surface area is 108 Å². The van der Waals surface area contributed by atoms with Gasteiger partial charge in [0.15, 0.2) is 0 Å². The monoisotopic (exact) mass is 253 g/mol. The standard InChI is InChI=1S/C13H20ClN3/c1-9-3-2-4-11(6-5-9)17-13-12(15)7-10(14)8-16-13/h7-9,11H,2-6,15H2,1H3,(H,16,17). The lowest BCUT2D eigenvalue weighted by atomic mass is 10.0. The minimum Gasteiger partial charge on any atom is -0.396 e. The summed E-state index contributed by atoms with van der Waals surface area (Å²) in [4.78, 5) is 4.25. The molecule has 1 aliphatic carbocycles. The van der Waals surface area contributed by atoms with E-state index in [0.717, 1.165) is 11.7 Å². The van der Waals surface area contributed by atoms with E-state index in [-0.39, 0.29) is 0 Å². The van der Waals surface area contributed by atoms with Crippen LogP contribution in [0.4, 0.5) is 11.5 Å². The Morgan fingerprint density at radius 1 is 1.35 bits per heavy atom. The van der Waals surface area contributed by atoms with E-state index in [2.05, 4.69) is 17.2 Å². The first-order valence-corrected chi connectivity index (χ1v) is 6.70. The van der Waals surface area contributed by atoms with Crippen LogP contribution < -0.4 is 11.1 Å². The Morgan fingerprint density at radius 2 is 2.18 bits per heavy atom. The number of rotatable bonds is 2. The summed E-state index contributed by atoms with van der Waals surface area (Å²) in [7, 11) is 0. The molecule has 3 N–H and O–H groups in total. The maximum absolute atomic E-state index is 5.90. The number of nitrogens with two attached hydrogens (primary N) is 1. The molecule has 0 aliphatic heterocycles. The summed E-state index contributed by atoms with van der Waals surface area (Å²) in [5.74, 6) is 1.62. The quantitative estimate of drug-likeness (QED) is 0.791. The van der Waals surface area contributed by atoms with Crippen molar-refractivity contribution in [3.63, 3.8) is 0 Å². The third-order valence-electron chi connectivity index (χ3n) is 3.48. The Hall–Kier alpha value is -0.960. The molecule has 4 heteroatoms. The highest BCUT2D eigenvalue weighted by Gasteiger charge is 2.17. The van der Waals surface area contributed by atoms with Gasteiger partial charge < -0.3 is 11.1 Å². The molecule has 1 fully saturated rings. The van der Waals surface area contributed by atoms with Crippen molar-refractivity contribution in [3.05, 3.63) is 17.3 Å². The van der Waals surface area contributed by atoms with Crippen molar-refractivity contribution in [2.45, 2.75) is 45.1 Å². The van der Waals surface area contributed by atoms with Crippen LogP contribution in [0.25, 0.3) is 0 Å². The van der Waals surface area contributed by atoms with Crippen molar-refractivity contribution < 1.29 is 0 Å². The van der Waals surface area contributed by atoms with Crippen molar-refractivity contribution in [3.8, 4) is 0 Å². The lowest BCUT2D eigenvalue weighted by Crippen LogP contribution is -2.20. The fraction of sp³-hybridized carbons (Fsp3) is 0.615. The average molecular weight is 254 g/mol. The normalized spacial score (nSPS) is 25.3. The second-order valence-corrected chi connectivity index (χ2v) is 5.48. The van der Waals surface area contributed by atoms with Crippen LogP contribution in [0.2, 0.25) is 5.02 Å². The smallest absolute Gasteiger partial charge is 0.149 e. The summed E-state index contributed by atoms with van der Waals surface area (Å²) in [6.07, 6.45) is 7.94. The second-order valence-electron chi connectivity index (χ2n) is 5.05. The summed E-state index contributed by atoms with van der Waals surface area (Å²) in [6.45, 7) is 2.33. The van der Waals surface area contributed by atoms with Gasteiger partial charge >= 0.3 is 0 Å². The molecule has 1 aromatic rings. The zero-order valence-electron chi connectivity index (χ0n) is 10.2. The number of nitrogen functional groups attached to an aromatic ring is 1. The number of hydrogen-bond acceptors (Lipinski definition) is 3. The van der Waals surface area contributed by atoms with Crippen LogP contribution in [-0.4, -0.2) is 11.0 Å². The minimum atomic E-state index is 0.496. The predicted molar refractivity (Wildman–Crippen MR) is 73.3 cm³/mol. The van der Waals surface area contributed by atoms with Gasteiger partial charge in [-0.3, -0.25) is 0 Å².